The Morgan fingerprint density at radius 3 is 2.45 bits per heavy atom. The Morgan fingerprint density at radius 2 is 1.82 bits per heavy atom. The first-order chi connectivity index (χ1) is 10.6. The molecule has 1 fully saturated rings. The molecular weight excluding hydrogens is 282 g/mol. The summed E-state index contributed by atoms with van der Waals surface area (Å²) in [5.41, 5.74) is 1.22. The molecule has 22 heavy (non-hydrogen) atoms. The normalized spacial score (nSPS) is 21.0. The van der Waals surface area contributed by atoms with Gasteiger partial charge in [-0.15, -0.1) is 0 Å². The standard InChI is InChI=1S/C17H17NO4/c1-11-9-13(12-5-3-2-4-6-12)10-18(11)16(19)14-7-8-15(22-14)17(20)21/h2-8,11,13H,9-10H2,1H3,(H,20,21). The fourth-order valence-electron chi connectivity index (χ4n) is 2.99. The minimum atomic E-state index is -1.17. The van der Waals surface area contributed by atoms with Crippen molar-refractivity contribution in [3.63, 3.8) is 0 Å². The topological polar surface area (TPSA) is 70.8 Å². The monoisotopic (exact) mass is 299 g/mol. The quantitative estimate of drug-likeness (QED) is 0.945. The Kier molecular flexibility index (Phi) is 3.71. The molecule has 1 saturated heterocycles. The molecule has 2 heterocycles. The Hall–Kier alpha value is -2.56. The number of hydrogen-bond acceptors (Lipinski definition) is 3. The fourth-order valence-corrected chi connectivity index (χ4v) is 2.99. The van der Waals surface area contributed by atoms with Crippen LogP contribution in [-0.4, -0.2) is 34.5 Å². The molecule has 2 aromatic rings. The number of carbonyl (C=O) groups is 2. The zero-order chi connectivity index (χ0) is 15.7. The number of carboxylic acid groups (broad SMARTS) is 1. The first kappa shape index (κ1) is 14.4. The van der Waals surface area contributed by atoms with Crippen LogP contribution < -0.4 is 0 Å². The Balaban J connectivity index is 1.77. The van der Waals surface area contributed by atoms with Crippen LogP contribution >= 0.6 is 0 Å². The van der Waals surface area contributed by atoms with Crippen LogP contribution in [0.1, 0.15) is 45.9 Å². The molecule has 5 nitrogen and oxygen atoms in total. The minimum Gasteiger partial charge on any atom is -0.475 e. The molecule has 0 spiro atoms. The first-order valence-electron chi connectivity index (χ1n) is 7.25. The molecule has 1 aromatic carbocycles. The van der Waals surface area contributed by atoms with Crippen LogP contribution in [0.3, 0.4) is 0 Å². The lowest BCUT2D eigenvalue weighted by atomic mass is 9.97. The molecule has 0 saturated carbocycles. The maximum atomic E-state index is 12.5. The summed E-state index contributed by atoms with van der Waals surface area (Å²) in [4.78, 5) is 25.1. The van der Waals surface area contributed by atoms with Crippen LogP contribution in [0.25, 0.3) is 0 Å². The van der Waals surface area contributed by atoms with E-state index in [1.807, 2.05) is 25.1 Å². The van der Waals surface area contributed by atoms with Gasteiger partial charge in [-0.1, -0.05) is 30.3 Å². The van der Waals surface area contributed by atoms with Gasteiger partial charge >= 0.3 is 5.97 Å². The van der Waals surface area contributed by atoms with Gasteiger partial charge in [0.2, 0.25) is 5.76 Å². The van der Waals surface area contributed by atoms with Crippen molar-refractivity contribution in [2.24, 2.45) is 0 Å². The summed E-state index contributed by atoms with van der Waals surface area (Å²) < 4.78 is 5.12. The van der Waals surface area contributed by atoms with Crippen LogP contribution in [0.2, 0.25) is 0 Å². The van der Waals surface area contributed by atoms with E-state index >= 15 is 0 Å². The highest BCUT2D eigenvalue weighted by molar-refractivity contribution is 5.94. The van der Waals surface area contributed by atoms with Crippen molar-refractivity contribution >= 4 is 11.9 Å². The number of rotatable bonds is 3. The zero-order valence-electron chi connectivity index (χ0n) is 12.2. The molecule has 0 bridgehead atoms. The van der Waals surface area contributed by atoms with Gasteiger partial charge in [0.1, 0.15) is 0 Å². The number of hydrogen-bond donors (Lipinski definition) is 1. The van der Waals surface area contributed by atoms with Gasteiger partial charge in [-0.3, -0.25) is 4.79 Å². The highest BCUT2D eigenvalue weighted by Gasteiger charge is 2.34. The predicted octanol–water partition coefficient (Wildman–Crippen LogP) is 3.00. The maximum absolute atomic E-state index is 12.5. The Morgan fingerprint density at radius 1 is 1.14 bits per heavy atom. The van der Waals surface area contributed by atoms with Gasteiger partial charge in [0.25, 0.3) is 5.91 Å². The molecule has 3 rings (SSSR count). The van der Waals surface area contributed by atoms with Crippen molar-refractivity contribution in [3.8, 4) is 0 Å². The Labute approximate surface area is 128 Å². The molecular formula is C17H17NO4. The number of benzene rings is 1. The second kappa shape index (κ2) is 5.67. The summed E-state index contributed by atoms with van der Waals surface area (Å²) in [6.07, 6.45) is 0.891. The van der Waals surface area contributed by atoms with Gasteiger partial charge in [-0.05, 0) is 31.0 Å². The molecule has 2 unspecified atom stereocenters. The summed E-state index contributed by atoms with van der Waals surface area (Å²) in [6.45, 7) is 2.62. The number of furan rings is 1. The SMILES string of the molecule is CC1CC(c2ccccc2)CN1C(=O)c1ccc(C(=O)O)o1. The second-order valence-electron chi connectivity index (χ2n) is 5.62. The highest BCUT2D eigenvalue weighted by Crippen LogP contribution is 2.32. The molecule has 1 amide bonds. The number of carbonyl (C=O) groups excluding carboxylic acids is 1. The van der Waals surface area contributed by atoms with Crippen molar-refractivity contribution in [1.82, 2.24) is 4.90 Å². The number of likely N-dealkylation sites (tertiary alicyclic amines) is 1. The van der Waals surface area contributed by atoms with Gasteiger partial charge in [-0.25, -0.2) is 4.79 Å². The summed E-state index contributed by atoms with van der Waals surface area (Å²) in [5, 5.41) is 8.87. The number of nitrogens with zero attached hydrogens (tertiary/aromatic N) is 1. The van der Waals surface area contributed by atoms with Crippen LogP contribution in [0.5, 0.6) is 0 Å². The Bertz CT molecular complexity index is 692. The summed E-state index contributed by atoms with van der Waals surface area (Å²) >= 11 is 0. The lowest BCUT2D eigenvalue weighted by Crippen LogP contribution is -2.33. The van der Waals surface area contributed by atoms with Crippen LogP contribution in [0, 0.1) is 0 Å². The van der Waals surface area contributed by atoms with Gasteiger partial charge in [0.05, 0.1) is 0 Å². The van der Waals surface area contributed by atoms with Gasteiger partial charge in [-0.2, -0.15) is 0 Å². The molecule has 1 N–H and O–H groups in total. The average molecular weight is 299 g/mol. The number of amides is 1. The van der Waals surface area contributed by atoms with Crippen molar-refractivity contribution in [1.29, 1.82) is 0 Å². The van der Waals surface area contributed by atoms with Crippen LogP contribution in [-0.2, 0) is 0 Å². The van der Waals surface area contributed by atoms with Gasteiger partial charge in [0.15, 0.2) is 5.76 Å². The fraction of sp³-hybridized carbons (Fsp3) is 0.294. The maximum Gasteiger partial charge on any atom is 0.371 e. The summed E-state index contributed by atoms with van der Waals surface area (Å²) in [7, 11) is 0. The average Bonchev–Trinajstić information content (AvgIpc) is 3.14. The molecule has 0 radical (unpaired) electrons. The number of aromatic carboxylic acids is 1. The van der Waals surface area contributed by atoms with E-state index in [-0.39, 0.29) is 23.5 Å². The smallest absolute Gasteiger partial charge is 0.371 e. The van der Waals surface area contributed by atoms with E-state index in [0.717, 1.165) is 6.42 Å². The molecule has 1 aliphatic rings. The third kappa shape index (κ3) is 2.62. The molecule has 114 valence electrons. The van der Waals surface area contributed by atoms with Crippen LogP contribution in [0.15, 0.2) is 46.9 Å². The van der Waals surface area contributed by atoms with Gasteiger partial charge in [0, 0.05) is 18.5 Å². The van der Waals surface area contributed by atoms with Crippen molar-refractivity contribution in [3.05, 3.63) is 59.5 Å². The predicted molar refractivity (Wildman–Crippen MR) is 80.0 cm³/mol. The lowest BCUT2D eigenvalue weighted by Gasteiger charge is -2.20. The van der Waals surface area contributed by atoms with Crippen LogP contribution in [0.4, 0.5) is 0 Å². The van der Waals surface area contributed by atoms with E-state index in [9.17, 15) is 9.59 Å². The molecule has 1 aromatic heterocycles. The molecule has 0 aliphatic carbocycles. The molecule has 1 aliphatic heterocycles. The summed E-state index contributed by atoms with van der Waals surface area (Å²) in [6, 6.07) is 12.9. The van der Waals surface area contributed by atoms with Crippen molar-refractivity contribution in [2.75, 3.05) is 6.54 Å². The van der Waals surface area contributed by atoms with E-state index in [1.165, 1.54) is 17.7 Å². The van der Waals surface area contributed by atoms with E-state index < -0.39 is 5.97 Å². The molecule has 5 heteroatoms. The van der Waals surface area contributed by atoms with E-state index in [4.69, 9.17) is 9.52 Å². The summed E-state index contributed by atoms with van der Waals surface area (Å²) in [5.74, 6) is -1.25. The second-order valence-corrected chi connectivity index (χ2v) is 5.62. The van der Waals surface area contributed by atoms with Gasteiger partial charge < -0.3 is 14.4 Å². The lowest BCUT2D eigenvalue weighted by molar-refractivity contribution is 0.0648. The highest BCUT2D eigenvalue weighted by atomic mass is 16.4. The van der Waals surface area contributed by atoms with Crippen molar-refractivity contribution in [2.45, 2.75) is 25.3 Å². The van der Waals surface area contributed by atoms with E-state index in [2.05, 4.69) is 12.1 Å². The zero-order valence-corrected chi connectivity index (χ0v) is 12.2. The largest absolute Gasteiger partial charge is 0.475 e. The first-order valence-corrected chi connectivity index (χ1v) is 7.25. The minimum absolute atomic E-state index is 0.0814. The third-order valence-corrected chi connectivity index (χ3v) is 4.13. The van der Waals surface area contributed by atoms with E-state index in [1.54, 1.807) is 4.90 Å². The molecule has 2 atom stereocenters. The van der Waals surface area contributed by atoms with E-state index in [0.29, 0.717) is 12.5 Å². The third-order valence-electron chi connectivity index (χ3n) is 4.13. The van der Waals surface area contributed by atoms with Crippen molar-refractivity contribution < 1.29 is 19.1 Å². The number of carboxylic acids is 1.